The van der Waals surface area contributed by atoms with Gasteiger partial charge in [0.25, 0.3) is 0 Å². The summed E-state index contributed by atoms with van der Waals surface area (Å²) in [5.74, 6) is 1.43. The van der Waals surface area contributed by atoms with Crippen LogP contribution in [0, 0.1) is 6.92 Å². The zero-order valence-corrected chi connectivity index (χ0v) is 13.6. The minimum atomic E-state index is -0.521. The van der Waals surface area contributed by atoms with Gasteiger partial charge in [0.2, 0.25) is 5.91 Å². The van der Waals surface area contributed by atoms with E-state index in [0.717, 1.165) is 28.0 Å². The second kappa shape index (κ2) is 4.44. The Morgan fingerprint density at radius 1 is 1.35 bits per heavy atom. The maximum Gasteiger partial charge on any atom is 0.237 e. The summed E-state index contributed by atoms with van der Waals surface area (Å²) in [5.41, 5.74) is 3.96. The molecule has 1 aliphatic rings. The van der Waals surface area contributed by atoms with Crippen molar-refractivity contribution in [1.82, 2.24) is 15.0 Å². The fourth-order valence-electron chi connectivity index (χ4n) is 3.28. The molecular weight excluding hydrogens is 292 g/mol. The van der Waals surface area contributed by atoms with E-state index in [9.17, 15) is 4.79 Å². The Hall–Kier alpha value is -2.63. The monoisotopic (exact) mass is 310 g/mol. The molecule has 0 radical (unpaired) electrons. The van der Waals surface area contributed by atoms with Crippen LogP contribution in [-0.4, -0.2) is 27.4 Å². The van der Waals surface area contributed by atoms with Crippen molar-refractivity contribution in [3.8, 4) is 11.6 Å². The maximum atomic E-state index is 12.6. The highest BCUT2D eigenvalue weighted by atomic mass is 16.3. The van der Waals surface area contributed by atoms with Gasteiger partial charge in [0.05, 0.1) is 27.8 Å². The lowest BCUT2D eigenvalue weighted by Crippen LogP contribution is -2.35. The quantitative estimate of drug-likeness (QED) is 0.789. The number of likely N-dealkylation sites (N-methyl/N-ethyl adjacent to an activating group) is 1. The number of imidazole rings is 1. The first kappa shape index (κ1) is 14.0. The molecule has 4 rings (SSSR count). The molecule has 1 aliphatic heterocycles. The van der Waals surface area contributed by atoms with Gasteiger partial charge in [0.1, 0.15) is 0 Å². The Balaban J connectivity index is 1.93. The number of nitrogens with zero attached hydrogens (tertiary/aromatic N) is 3. The standard InChI is InChI=1S/C17H18N4O2/c1-5-21-13-7-12-11(6-10(13)17(3,4)16(21)22)19-15(20-12)14-9(2)18-8-23-14/h6-8H,5H2,1-4H3,(H,19,20). The molecule has 0 atom stereocenters. The number of oxazole rings is 1. The Bertz CT molecular complexity index is 935. The molecule has 0 saturated carbocycles. The van der Waals surface area contributed by atoms with Gasteiger partial charge >= 0.3 is 0 Å². The number of aromatic nitrogens is 3. The lowest BCUT2D eigenvalue weighted by molar-refractivity contribution is -0.122. The summed E-state index contributed by atoms with van der Waals surface area (Å²) in [6.45, 7) is 8.45. The van der Waals surface area contributed by atoms with Crippen LogP contribution in [0.3, 0.4) is 0 Å². The third-order valence-corrected chi connectivity index (χ3v) is 4.62. The number of hydrogen-bond acceptors (Lipinski definition) is 4. The van der Waals surface area contributed by atoms with Crippen molar-refractivity contribution in [3.63, 3.8) is 0 Å². The summed E-state index contributed by atoms with van der Waals surface area (Å²) < 4.78 is 5.41. The van der Waals surface area contributed by atoms with E-state index in [1.165, 1.54) is 6.39 Å². The number of carbonyl (C=O) groups is 1. The number of amides is 1. The normalized spacial score (nSPS) is 16.3. The van der Waals surface area contributed by atoms with Crippen molar-refractivity contribution in [2.24, 2.45) is 0 Å². The number of hydrogen-bond donors (Lipinski definition) is 1. The van der Waals surface area contributed by atoms with Crippen molar-refractivity contribution in [1.29, 1.82) is 0 Å². The van der Waals surface area contributed by atoms with Crippen LogP contribution in [-0.2, 0) is 10.2 Å². The molecule has 6 heteroatoms. The Kier molecular flexibility index (Phi) is 2.70. The van der Waals surface area contributed by atoms with Crippen molar-refractivity contribution < 1.29 is 9.21 Å². The van der Waals surface area contributed by atoms with Gasteiger partial charge in [-0.2, -0.15) is 0 Å². The number of aryl methyl sites for hydroxylation is 1. The number of nitrogens with one attached hydrogen (secondary N) is 1. The van der Waals surface area contributed by atoms with E-state index in [4.69, 9.17) is 4.42 Å². The molecule has 1 N–H and O–H groups in total. The van der Waals surface area contributed by atoms with Crippen LogP contribution in [0.2, 0.25) is 0 Å². The van der Waals surface area contributed by atoms with E-state index in [-0.39, 0.29) is 5.91 Å². The average Bonchev–Trinajstić information content (AvgIpc) is 3.15. The van der Waals surface area contributed by atoms with Gasteiger partial charge in [0.15, 0.2) is 18.0 Å². The SMILES string of the molecule is CCN1C(=O)C(C)(C)c2cc3[nH]c(-c4ocnc4C)nc3cc21. The van der Waals surface area contributed by atoms with Gasteiger partial charge in [-0.15, -0.1) is 0 Å². The maximum absolute atomic E-state index is 12.6. The summed E-state index contributed by atoms with van der Waals surface area (Å²) >= 11 is 0. The first-order valence-corrected chi connectivity index (χ1v) is 7.70. The molecule has 0 unspecified atom stereocenters. The predicted octanol–water partition coefficient (Wildman–Crippen LogP) is 3.17. The van der Waals surface area contributed by atoms with E-state index in [2.05, 4.69) is 15.0 Å². The number of rotatable bonds is 2. The van der Waals surface area contributed by atoms with Crippen LogP contribution in [0.15, 0.2) is 22.9 Å². The van der Waals surface area contributed by atoms with Crippen LogP contribution in [0.1, 0.15) is 32.0 Å². The fraction of sp³-hybridized carbons (Fsp3) is 0.353. The molecule has 23 heavy (non-hydrogen) atoms. The lowest BCUT2D eigenvalue weighted by atomic mass is 9.86. The number of aromatic amines is 1. The van der Waals surface area contributed by atoms with Crippen molar-refractivity contribution in [3.05, 3.63) is 29.8 Å². The molecule has 1 aromatic carbocycles. The minimum Gasteiger partial charge on any atom is -0.440 e. The molecule has 118 valence electrons. The lowest BCUT2D eigenvalue weighted by Gasteiger charge is -2.18. The van der Waals surface area contributed by atoms with Crippen LogP contribution in [0.4, 0.5) is 5.69 Å². The number of carbonyl (C=O) groups excluding carboxylic acids is 1. The van der Waals surface area contributed by atoms with Gasteiger partial charge in [0, 0.05) is 6.54 Å². The number of benzene rings is 1. The molecule has 0 spiro atoms. The minimum absolute atomic E-state index is 0.133. The number of H-pyrrole nitrogens is 1. The zero-order chi connectivity index (χ0) is 16.4. The van der Waals surface area contributed by atoms with E-state index >= 15 is 0 Å². The highest BCUT2D eigenvalue weighted by molar-refractivity contribution is 6.09. The van der Waals surface area contributed by atoms with Crippen LogP contribution in [0.25, 0.3) is 22.6 Å². The molecule has 3 aromatic rings. The molecule has 1 amide bonds. The van der Waals surface area contributed by atoms with Gasteiger partial charge in [-0.3, -0.25) is 4.79 Å². The van der Waals surface area contributed by atoms with Gasteiger partial charge in [-0.05, 0) is 45.4 Å². The van der Waals surface area contributed by atoms with Crippen LogP contribution >= 0.6 is 0 Å². The van der Waals surface area contributed by atoms with Crippen molar-refractivity contribution in [2.45, 2.75) is 33.1 Å². The van der Waals surface area contributed by atoms with Gasteiger partial charge in [-0.1, -0.05) is 0 Å². The Labute approximate surface area is 133 Å². The average molecular weight is 310 g/mol. The van der Waals surface area contributed by atoms with Crippen molar-refractivity contribution >= 4 is 22.6 Å². The fourth-order valence-corrected chi connectivity index (χ4v) is 3.28. The first-order valence-electron chi connectivity index (χ1n) is 7.70. The van der Waals surface area contributed by atoms with E-state index in [1.807, 2.05) is 44.7 Å². The predicted molar refractivity (Wildman–Crippen MR) is 87.4 cm³/mol. The largest absolute Gasteiger partial charge is 0.440 e. The summed E-state index contributed by atoms with van der Waals surface area (Å²) in [4.78, 5) is 26.4. The number of anilines is 1. The third kappa shape index (κ3) is 1.78. The molecular formula is C17H18N4O2. The van der Waals surface area contributed by atoms with E-state index in [1.54, 1.807) is 0 Å². The first-order chi connectivity index (χ1) is 10.9. The Morgan fingerprint density at radius 2 is 2.13 bits per heavy atom. The third-order valence-electron chi connectivity index (χ3n) is 4.62. The molecule has 0 fully saturated rings. The second-order valence-electron chi connectivity index (χ2n) is 6.41. The van der Waals surface area contributed by atoms with Crippen molar-refractivity contribution in [2.75, 3.05) is 11.4 Å². The molecule has 2 aromatic heterocycles. The molecule has 0 aliphatic carbocycles. The van der Waals surface area contributed by atoms with E-state index < -0.39 is 5.41 Å². The highest BCUT2D eigenvalue weighted by Crippen LogP contribution is 2.43. The Morgan fingerprint density at radius 3 is 2.78 bits per heavy atom. The summed E-state index contributed by atoms with van der Waals surface area (Å²) in [5, 5.41) is 0. The zero-order valence-electron chi connectivity index (χ0n) is 13.6. The highest BCUT2D eigenvalue weighted by Gasteiger charge is 2.43. The summed E-state index contributed by atoms with van der Waals surface area (Å²) in [6.07, 6.45) is 1.42. The van der Waals surface area contributed by atoms with Gasteiger partial charge < -0.3 is 14.3 Å². The molecule has 0 saturated heterocycles. The molecule has 6 nitrogen and oxygen atoms in total. The summed E-state index contributed by atoms with van der Waals surface area (Å²) in [7, 11) is 0. The molecule has 0 bridgehead atoms. The smallest absolute Gasteiger partial charge is 0.237 e. The van der Waals surface area contributed by atoms with E-state index in [0.29, 0.717) is 18.1 Å². The second-order valence-corrected chi connectivity index (χ2v) is 6.41. The molecule has 3 heterocycles. The summed E-state index contributed by atoms with van der Waals surface area (Å²) in [6, 6.07) is 4.01. The van der Waals surface area contributed by atoms with Crippen LogP contribution < -0.4 is 4.90 Å². The number of fused-ring (bicyclic) bond motifs is 2. The van der Waals surface area contributed by atoms with Gasteiger partial charge in [-0.25, -0.2) is 9.97 Å². The van der Waals surface area contributed by atoms with Crippen LogP contribution in [0.5, 0.6) is 0 Å². The topological polar surface area (TPSA) is 75.0 Å².